The number of nitrogens with zero attached hydrogens (tertiary/aromatic N) is 3. The van der Waals surface area contributed by atoms with Crippen LogP contribution >= 0.6 is 11.3 Å². The number of nitrogens with one attached hydrogen (secondary N) is 1. The summed E-state index contributed by atoms with van der Waals surface area (Å²) in [5.41, 5.74) is 2.25. The monoisotopic (exact) mass is 406 g/mol. The Kier molecular flexibility index (Phi) is 7.09. The van der Waals surface area contributed by atoms with Gasteiger partial charge in [0.05, 0.1) is 18.2 Å². The van der Waals surface area contributed by atoms with E-state index >= 15 is 0 Å². The van der Waals surface area contributed by atoms with E-state index < -0.39 is 6.04 Å². The van der Waals surface area contributed by atoms with Gasteiger partial charge in [0.1, 0.15) is 0 Å². The van der Waals surface area contributed by atoms with Crippen molar-refractivity contribution in [2.24, 2.45) is 0 Å². The molecular formula is C20H30N4O3S. The van der Waals surface area contributed by atoms with Crippen LogP contribution < -0.4 is 5.32 Å². The predicted molar refractivity (Wildman–Crippen MR) is 110 cm³/mol. The summed E-state index contributed by atoms with van der Waals surface area (Å²) in [6.45, 7) is 12.2. The van der Waals surface area contributed by atoms with Crippen LogP contribution in [0.3, 0.4) is 0 Å². The Labute approximate surface area is 170 Å². The molecule has 1 fully saturated rings. The van der Waals surface area contributed by atoms with Gasteiger partial charge in [0.2, 0.25) is 0 Å². The van der Waals surface area contributed by atoms with Gasteiger partial charge in [-0.2, -0.15) is 11.3 Å². The van der Waals surface area contributed by atoms with Crippen LogP contribution in [0.4, 0.5) is 4.79 Å². The predicted octanol–water partition coefficient (Wildman–Crippen LogP) is 2.29. The van der Waals surface area contributed by atoms with Gasteiger partial charge in [-0.1, -0.05) is 6.92 Å². The Hall–Kier alpha value is -1.90. The first-order valence-corrected chi connectivity index (χ1v) is 11.0. The number of likely N-dealkylation sites (N-methyl/N-ethyl adjacent to an activating group) is 2. The fraction of sp³-hybridized carbons (Fsp3) is 0.600. The lowest BCUT2D eigenvalue weighted by molar-refractivity contribution is -0.139. The molecule has 0 radical (unpaired) electrons. The largest absolute Gasteiger partial charge is 0.463 e. The highest BCUT2D eigenvalue weighted by atomic mass is 32.1. The van der Waals surface area contributed by atoms with Crippen LogP contribution in [0.25, 0.3) is 0 Å². The lowest BCUT2D eigenvalue weighted by Gasteiger charge is -2.40. The van der Waals surface area contributed by atoms with Crippen LogP contribution in [0.1, 0.15) is 32.4 Å². The Morgan fingerprint density at radius 2 is 1.89 bits per heavy atom. The Morgan fingerprint density at radius 1 is 1.18 bits per heavy atom. The van der Waals surface area contributed by atoms with Crippen molar-refractivity contribution in [2.75, 3.05) is 52.4 Å². The molecule has 2 amide bonds. The molecule has 0 saturated carbocycles. The van der Waals surface area contributed by atoms with E-state index in [1.807, 2.05) is 23.8 Å². The molecule has 3 rings (SSSR count). The summed E-state index contributed by atoms with van der Waals surface area (Å²) in [5.74, 6) is -0.348. The summed E-state index contributed by atoms with van der Waals surface area (Å²) in [4.78, 5) is 32.2. The molecular weight excluding hydrogens is 376 g/mol. The quantitative estimate of drug-likeness (QED) is 0.704. The van der Waals surface area contributed by atoms with Crippen molar-refractivity contribution in [2.45, 2.75) is 26.8 Å². The highest BCUT2D eigenvalue weighted by molar-refractivity contribution is 7.08. The summed E-state index contributed by atoms with van der Waals surface area (Å²) in [6, 6.07) is 1.33. The number of ether oxygens (including phenoxy) is 1. The van der Waals surface area contributed by atoms with Gasteiger partial charge in [0.25, 0.3) is 0 Å². The standard InChI is InChI=1S/C20H30N4O3S/c1-4-22-8-10-23(11-9-22)13-16-17(19(25)27-6-3)18(15-7-12-28-14-15)21-20(26)24(16)5-2/h7,12,14,18H,4-6,8-11,13H2,1-3H3,(H,21,26)/t18-/m0/s1. The van der Waals surface area contributed by atoms with Crippen molar-refractivity contribution in [1.82, 2.24) is 20.0 Å². The third-order valence-electron chi connectivity index (χ3n) is 5.41. The van der Waals surface area contributed by atoms with E-state index in [-0.39, 0.29) is 12.0 Å². The molecule has 7 nitrogen and oxygen atoms in total. The van der Waals surface area contributed by atoms with Crippen LogP contribution in [0.5, 0.6) is 0 Å². The highest BCUT2D eigenvalue weighted by Gasteiger charge is 2.38. The average Bonchev–Trinajstić information content (AvgIpc) is 3.23. The third-order valence-corrected chi connectivity index (χ3v) is 6.11. The number of hydrogen-bond acceptors (Lipinski definition) is 6. The highest BCUT2D eigenvalue weighted by Crippen LogP contribution is 2.33. The van der Waals surface area contributed by atoms with E-state index in [2.05, 4.69) is 22.0 Å². The van der Waals surface area contributed by atoms with Crippen LogP contribution in [0, 0.1) is 0 Å². The minimum Gasteiger partial charge on any atom is -0.463 e. The molecule has 154 valence electrons. The van der Waals surface area contributed by atoms with Crippen molar-refractivity contribution < 1.29 is 14.3 Å². The molecule has 0 spiro atoms. The maximum atomic E-state index is 12.9. The lowest BCUT2D eigenvalue weighted by atomic mass is 9.96. The van der Waals surface area contributed by atoms with E-state index in [0.717, 1.165) is 44.0 Å². The summed E-state index contributed by atoms with van der Waals surface area (Å²) in [6.07, 6.45) is 0. The van der Waals surface area contributed by atoms with Crippen molar-refractivity contribution in [3.63, 3.8) is 0 Å². The van der Waals surface area contributed by atoms with Crippen LogP contribution in [0.15, 0.2) is 28.1 Å². The zero-order valence-corrected chi connectivity index (χ0v) is 17.8. The molecule has 0 bridgehead atoms. The molecule has 1 aromatic heterocycles. The van der Waals surface area contributed by atoms with Gasteiger partial charge in [-0.25, -0.2) is 9.59 Å². The smallest absolute Gasteiger partial charge is 0.338 e. The number of rotatable bonds is 7. The first-order valence-electron chi connectivity index (χ1n) is 10.0. The zero-order valence-electron chi connectivity index (χ0n) is 16.9. The summed E-state index contributed by atoms with van der Waals surface area (Å²) < 4.78 is 5.39. The Bertz CT molecular complexity index is 711. The van der Waals surface area contributed by atoms with E-state index in [0.29, 0.717) is 25.3 Å². The molecule has 1 N–H and O–H groups in total. The molecule has 8 heteroatoms. The van der Waals surface area contributed by atoms with Gasteiger partial charge in [-0.15, -0.1) is 0 Å². The van der Waals surface area contributed by atoms with Crippen molar-refractivity contribution in [3.8, 4) is 0 Å². The molecule has 3 heterocycles. The first kappa shape index (κ1) is 20.8. The minimum absolute atomic E-state index is 0.158. The molecule has 2 aliphatic rings. The number of hydrogen-bond donors (Lipinski definition) is 1. The number of carbonyl (C=O) groups excluding carboxylic acids is 2. The van der Waals surface area contributed by atoms with E-state index in [1.165, 1.54) is 0 Å². The fourth-order valence-corrected chi connectivity index (χ4v) is 4.51. The van der Waals surface area contributed by atoms with Gasteiger partial charge in [-0.3, -0.25) is 9.80 Å². The molecule has 28 heavy (non-hydrogen) atoms. The minimum atomic E-state index is -0.465. The molecule has 2 aliphatic heterocycles. The zero-order chi connectivity index (χ0) is 20.1. The summed E-state index contributed by atoms with van der Waals surface area (Å²) >= 11 is 1.55. The van der Waals surface area contributed by atoms with Crippen molar-refractivity contribution in [3.05, 3.63) is 33.7 Å². The topological polar surface area (TPSA) is 65.1 Å². The van der Waals surface area contributed by atoms with Gasteiger partial charge in [-0.05, 0) is 42.8 Å². The summed E-state index contributed by atoms with van der Waals surface area (Å²) in [7, 11) is 0. The van der Waals surface area contributed by atoms with Gasteiger partial charge < -0.3 is 15.0 Å². The van der Waals surface area contributed by atoms with Crippen LogP contribution in [-0.2, 0) is 9.53 Å². The van der Waals surface area contributed by atoms with Gasteiger partial charge in [0.15, 0.2) is 0 Å². The number of amides is 2. The molecule has 1 saturated heterocycles. The van der Waals surface area contributed by atoms with Gasteiger partial charge in [0, 0.05) is 45.0 Å². The second-order valence-electron chi connectivity index (χ2n) is 6.97. The number of urea groups is 1. The number of esters is 1. The molecule has 1 atom stereocenters. The van der Waals surface area contributed by atoms with E-state index in [4.69, 9.17) is 4.74 Å². The van der Waals surface area contributed by atoms with Crippen molar-refractivity contribution in [1.29, 1.82) is 0 Å². The third kappa shape index (κ3) is 4.39. The Balaban J connectivity index is 1.96. The number of carbonyl (C=O) groups is 2. The maximum Gasteiger partial charge on any atom is 0.338 e. The molecule has 0 aromatic carbocycles. The second kappa shape index (κ2) is 9.54. The van der Waals surface area contributed by atoms with Gasteiger partial charge >= 0.3 is 12.0 Å². The molecule has 0 unspecified atom stereocenters. The molecule has 1 aromatic rings. The normalized spacial score (nSPS) is 21.8. The molecule has 0 aliphatic carbocycles. The van der Waals surface area contributed by atoms with Crippen LogP contribution in [0.2, 0.25) is 0 Å². The number of thiophene rings is 1. The van der Waals surface area contributed by atoms with E-state index in [1.54, 1.807) is 23.2 Å². The Morgan fingerprint density at radius 3 is 2.46 bits per heavy atom. The fourth-order valence-electron chi connectivity index (χ4n) is 3.82. The van der Waals surface area contributed by atoms with Crippen molar-refractivity contribution >= 4 is 23.3 Å². The summed E-state index contributed by atoms with van der Waals surface area (Å²) in [5, 5.41) is 6.93. The average molecular weight is 407 g/mol. The van der Waals surface area contributed by atoms with E-state index in [9.17, 15) is 9.59 Å². The first-order chi connectivity index (χ1) is 13.6. The maximum absolute atomic E-state index is 12.9. The SMILES string of the molecule is CCOC(=O)C1=C(CN2CCN(CC)CC2)N(CC)C(=O)N[C@H]1c1ccsc1. The lowest BCUT2D eigenvalue weighted by Crippen LogP contribution is -2.53. The second-order valence-corrected chi connectivity index (χ2v) is 7.75. The number of piperazine rings is 1. The van der Waals surface area contributed by atoms with Crippen LogP contribution in [-0.4, -0.2) is 79.1 Å².